The van der Waals surface area contributed by atoms with Crippen LogP contribution in [0.1, 0.15) is 34.6 Å². The second-order valence-electron chi connectivity index (χ2n) is 16.2. The Morgan fingerprint density at radius 3 is 1.30 bits per heavy atom. The molecule has 24 nitrogen and oxygen atoms in total. The molecule has 5 aliphatic rings. The third kappa shape index (κ3) is 12.5. The van der Waals surface area contributed by atoms with Gasteiger partial charge in [-0.15, -0.1) is 0 Å². The minimum absolute atomic E-state index is 0. The monoisotopic (exact) mass is 1300 g/mol. The average molecular weight is 1300 g/mol. The minimum atomic E-state index is -1.97. The summed E-state index contributed by atoms with van der Waals surface area (Å²) in [7, 11) is 0. The molecule has 5 heterocycles. The van der Waals surface area contributed by atoms with Crippen LogP contribution in [0.2, 0.25) is 0 Å². The zero-order valence-electron chi connectivity index (χ0n) is 33.7. The molecule has 0 aromatic heterocycles. The van der Waals surface area contributed by atoms with Crippen LogP contribution in [0.3, 0.4) is 0 Å². The van der Waals surface area contributed by atoms with E-state index in [-0.39, 0.29) is 88.1 Å². The molecule has 2 radical (unpaired) electrons. The van der Waals surface area contributed by atoms with Crippen molar-refractivity contribution >= 4 is 0 Å². The average Bonchev–Trinajstić information content (AvgIpc) is 3.17. The van der Waals surface area contributed by atoms with Gasteiger partial charge in [0.2, 0.25) is 0 Å². The van der Waals surface area contributed by atoms with Crippen molar-refractivity contribution in [3.63, 3.8) is 0 Å². The molecule has 26 heteroatoms. The van der Waals surface area contributed by atoms with Gasteiger partial charge in [0.15, 0.2) is 18.9 Å². The molecule has 0 aliphatic carbocycles. The Morgan fingerprint density at radius 2 is 0.817 bits per heavy atom. The third-order valence-electron chi connectivity index (χ3n) is 10.8. The zero-order chi connectivity index (χ0) is 43.1. The fourth-order valence-electron chi connectivity index (χ4n) is 7.36. The molecule has 0 spiro atoms. The van der Waals surface area contributed by atoms with E-state index in [4.69, 9.17) is 53.1 Å². The van der Waals surface area contributed by atoms with Crippen LogP contribution in [0, 0.1) is 88.1 Å². The fraction of sp³-hybridized carbons (Fsp3) is 1.00. The van der Waals surface area contributed by atoms with E-state index in [9.17, 15) is 67.0 Å². The number of ether oxygens (including phenoxy) is 10. The fourth-order valence-corrected chi connectivity index (χ4v) is 7.36. The van der Waals surface area contributed by atoms with Crippen molar-refractivity contribution in [1.29, 1.82) is 0 Å². The van der Waals surface area contributed by atoms with Crippen molar-refractivity contribution in [1.82, 2.24) is 0 Å². The van der Waals surface area contributed by atoms with Crippen LogP contribution in [0.5, 0.6) is 0 Å². The van der Waals surface area contributed by atoms with E-state index in [0.29, 0.717) is 0 Å². The summed E-state index contributed by atoms with van der Waals surface area (Å²) in [6, 6.07) is -3.35. The van der Waals surface area contributed by atoms with Crippen molar-refractivity contribution in [2.45, 2.75) is 194 Å². The van der Waals surface area contributed by atoms with E-state index in [1.54, 1.807) is 20.8 Å². The Hall–Kier alpha value is 1.92. The Morgan fingerprint density at radius 1 is 0.417 bits per heavy atom. The molecule has 0 bridgehead atoms. The second-order valence-corrected chi connectivity index (χ2v) is 16.2. The SMILES string of the molecule is CC1O[C@H](O[C@H]2C(O[C@@H]3OC(CO)C(O)[C@H](O)C3OC3OC(C)[C@H](O)C(O)[C@@H]3O)C(CO)O[C@@H](O[C@H]3C(O)C(CO)O[C@@H](OC(C)(C)C)C3[NH-])C2[NH-])C(O)[C@H](O)C1O.[Ac].[Ac]. The standard InChI is InChI=1S/C34H60N2O22.2Ac/c1-9-16(40)20(44)23(47)31(49-9)56-27-15(36)29(55-26-14(35)30(58-34(3,4)5)51-12(7-38)19(26)43)53-13(8-39)25(27)54-33-28(22(46)18(42)11(6-37)52-33)57-32-24(48)21(45)17(41)10(2)50-32;;/h9-33,35-48H,6-8H2,1-5H3;;/q-2;;/t9?,10?,11?,12?,13?,14?,15?,16?,17-,18?,19?,20+,21?,22-,23?,24-,25?,26+,27+,28?,29-,30-,31+,32?,33-;;/m0../s1. The van der Waals surface area contributed by atoms with Crippen LogP contribution in [-0.4, -0.2) is 240 Å². The zero-order valence-corrected chi connectivity index (χ0v) is 43.1. The Kier molecular flexibility index (Phi) is 22.3. The molecule has 25 atom stereocenters. The van der Waals surface area contributed by atoms with Gasteiger partial charge in [0.25, 0.3) is 0 Å². The maximum atomic E-state index is 11.2. The van der Waals surface area contributed by atoms with Crippen molar-refractivity contribution in [2.75, 3.05) is 19.8 Å². The first-order valence-corrected chi connectivity index (χ1v) is 19.1. The molecule has 0 saturated carbocycles. The van der Waals surface area contributed by atoms with Gasteiger partial charge in [0.1, 0.15) is 98.0 Å². The number of nitrogens with one attached hydrogen (secondary N) is 2. The second kappa shape index (κ2) is 23.8. The molecule has 5 aliphatic heterocycles. The summed E-state index contributed by atoms with van der Waals surface area (Å²) in [5, 5.41) is 127. The van der Waals surface area contributed by atoms with Gasteiger partial charge in [0.05, 0.1) is 49.8 Å². The molecule has 5 fully saturated rings. The summed E-state index contributed by atoms with van der Waals surface area (Å²) in [6.45, 7) is 5.21. The molecule has 0 aromatic rings. The minimum Gasteiger partial charge on any atom is -0.668 e. The molecule has 60 heavy (non-hydrogen) atoms. The summed E-state index contributed by atoms with van der Waals surface area (Å²) in [5.41, 5.74) is 17.3. The van der Waals surface area contributed by atoms with Gasteiger partial charge in [-0.1, -0.05) is 12.1 Å². The molecule has 5 saturated heterocycles. The van der Waals surface area contributed by atoms with Crippen molar-refractivity contribution in [2.24, 2.45) is 0 Å². The summed E-state index contributed by atoms with van der Waals surface area (Å²) < 4.78 is 58.4. The maximum absolute atomic E-state index is 11.2. The molecule has 346 valence electrons. The Bertz CT molecular complexity index is 1300. The van der Waals surface area contributed by atoms with Gasteiger partial charge in [-0.3, -0.25) is 0 Å². The van der Waals surface area contributed by atoms with E-state index >= 15 is 0 Å². The number of rotatable bonds is 12. The van der Waals surface area contributed by atoms with Gasteiger partial charge < -0.3 is 120 Å². The number of hydrogen-bond donors (Lipinski definition) is 12. The Labute approximate surface area is 417 Å². The summed E-state index contributed by atoms with van der Waals surface area (Å²) in [4.78, 5) is 0. The van der Waals surface area contributed by atoms with Gasteiger partial charge in [-0.2, -0.15) is 0 Å². The van der Waals surface area contributed by atoms with Crippen molar-refractivity contribution in [3.8, 4) is 0 Å². The predicted octanol–water partition coefficient (Wildman–Crippen LogP) is -5.93. The van der Waals surface area contributed by atoms with Crippen molar-refractivity contribution < 1.29 is 197 Å². The first kappa shape index (κ1) is 56.2. The molecular weight excluding hydrogens is 1240 g/mol. The molecule has 0 amide bonds. The molecule has 5 rings (SSSR count). The van der Waals surface area contributed by atoms with Gasteiger partial charge in [-0.05, 0) is 34.6 Å². The molecule has 14 N–H and O–H groups in total. The van der Waals surface area contributed by atoms with Crippen LogP contribution in [0.25, 0.3) is 11.5 Å². The number of aliphatic hydroxyl groups excluding tert-OH is 12. The van der Waals surface area contributed by atoms with E-state index in [1.807, 2.05) is 0 Å². The van der Waals surface area contributed by atoms with E-state index < -0.39 is 179 Å². The summed E-state index contributed by atoms with van der Waals surface area (Å²) in [5.74, 6) is 0. The van der Waals surface area contributed by atoms with Crippen LogP contribution in [0.15, 0.2) is 0 Å². The number of hydrogen-bond acceptors (Lipinski definition) is 22. The molecule has 0 aromatic carbocycles. The predicted molar refractivity (Wildman–Crippen MR) is 187 cm³/mol. The largest absolute Gasteiger partial charge is 0.668 e. The van der Waals surface area contributed by atoms with Crippen LogP contribution < -0.4 is 0 Å². The summed E-state index contributed by atoms with van der Waals surface area (Å²) in [6.07, 6.45) is -38.3. The van der Waals surface area contributed by atoms with Crippen LogP contribution in [-0.2, 0) is 47.4 Å². The van der Waals surface area contributed by atoms with E-state index in [0.717, 1.165) is 0 Å². The quantitative estimate of drug-likeness (QED) is 0.0866. The normalized spacial score (nSPS) is 50.4. The smallest absolute Gasteiger partial charge is 0.187 e. The molecular formula is C34H60Ac2N2O22-2. The van der Waals surface area contributed by atoms with Crippen molar-refractivity contribution in [3.05, 3.63) is 11.5 Å². The molecule has 15 unspecified atom stereocenters. The number of aliphatic hydroxyl groups is 12. The van der Waals surface area contributed by atoms with Crippen LogP contribution >= 0.6 is 0 Å². The van der Waals surface area contributed by atoms with Gasteiger partial charge in [-0.25, -0.2) is 0 Å². The first-order chi connectivity index (χ1) is 27.1. The van der Waals surface area contributed by atoms with E-state index in [2.05, 4.69) is 0 Å². The van der Waals surface area contributed by atoms with Gasteiger partial charge >= 0.3 is 0 Å². The summed E-state index contributed by atoms with van der Waals surface area (Å²) >= 11 is 0. The maximum Gasteiger partial charge on any atom is 0.187 e. The third-order valence-corrected chi connectivity index (χ3v) is 10.8. The topological polar surface area (TPSA) is 383 Å². The van der Waals surface area contributed by atoms with Gasteiger partial charge in [0, 0.05) is 88.1 Å². The van der Waals surface area contributed by atoms with Crippen LogP contribution in [0.4, 0.5) is 0 Å². The Balaban J connectivity index is 0.00000480. The first-order valence-electron chi connectivity index (χ1n) is 19.1. The van der Waals surface area contributed by atoms with E-state index in [1.165, 1.54) is 13.8 Å².